The third-order valence-electron chi connectivity index (χ3n) is 2.08. The van der Waals surface area contributed by atoms with Crippen LogP contribution in [0.4, 0.5) is 4.39 Å². The summed E-state index contributed by atoms with van der Waals surface area (Å²) in [7, 11) is 1.19. The molecule has 0 saturated heterocycles. The van der Waals surface area contributed by atoms with Crippen molar-refractivity contribution in [2.24, 2.45) is 0 Å². The number of aliphatic hydroxyl groups is 1. The number of aliphatic hydroxyl groups excluding tert-OH is 1. The van der Waals surface area contributed by atoms with Gasteiger partial charge in [-0.25, -0.2) is 9.18 Å². The van der Waals surface area contributed by atoms with E-state index < -0.39 is 23.6 Å². The lowest BCUT2D eigenvalue weighted by Gasteiger charge is -2.12. The molecular weight excluding hydrogens is 231 g/mol. The van der Waals surface area contributed by atoms with Gasteiger partial charge in [0.15, 0.2) is 23.4 Å². The topological polar surface area (TPSA) is 76.0 Å². The lowest BCUT2D eigenvalue weighted by molar-refractivity contribution is -0.153. The van der Waals surface area contributed by atoms with E-state index in [1.54, 1.807) is 6.92 Å². The highest BCUT2D eigenvalue weighted by molar-refractivity contribution is 5.76. The number of hydrogen-bond donors (Lipinski definition) is 2. The molecule has 1 aromatic rings. The minimum atomic E-state index is -1.64. The Kier molecular flexibility index (Phi) is 4.28. The number of benzene rings is 1. The number of phenols is 1. The van der Waals surface area contributed by atoms with Gasteiger partial charge in [0.2, 0.25) is 0 Å². The van der Waals surface area contributed by atoms with E-state index in [0.29, 0.717) is 0 Å². The fourth-order valence-corrected chi connectivity index (χ4v) is 1.32. The molecule has 17 heavy (non-hydrogen) atoms. The van der Waals surface area contributed by atoms with Crippen molar-refractivity contribution in [3.63, 3.8) is 0 Å². The molecule has 1 unspecified atom stereocenters. The maximum atomic E-state index is 13.4. The number of phenolic OH excluding ortho intramolecular Hbond substituents is 1. The Balaban J connectivity index is 3.04. The van der Waals surface area contributed by atoms with Gasteiger partial charge < -0.3 is 19.7 Å². The van der Waals surface area contributed by atoms with Gasteiger partial charge in [-0.1, -0.05) is 0 Å². The number of carbonyl (C=O) groups is 1. The van der Waals surface area contributed by atoms with E-state index in [0.717, 1.165) is 12.1 Å². The summed E-state index contributed by atoms with van der Waals surface area (Å²) in [6.07, 6.45) is -1.64. The van der Waals surface area contributed by atoms with Crippen molar-refractivity contribution >= 4 is 5.97 Å². The van der Waals surface area contributed by atoms with E-state index >= 15 is 0 Å². The summed E-state index contributed by atoms with van der Waals surface area (Å²) in [5.41, 5.74) is -0.0979. The minimum Gasteiger partial charge on any atom is -0.504 e. The number of esters is 1. The predicted molar refractivity (Wildman–Crippen MR) is 56.2 cm³/mol. The molecular formula is C11H13FO5. The first-order valence-corrected chi connectivity index (χ1v) is 4.92. The summed E-state index contributed by atoms with van der Waals surface area (Å²) in [5, 5.41) is 18.9. The molecule has 2 N–H and O–H groups in total. The molecule has 1 atom stereocenters. The molecule has 0 heterocycles. The van der Waals surface area contributed by atoms with E-state index in [9.17, 15) is 19.4 Å². The smallest absolute Gasteiger partial charge is 0.339 e. The van der Waals surface area contributed by atoms with Crippen LogP contribution in [0.15, 0.2) is 12.1 Å². The highest BCUT2D eigenvalue weighted by Gasteiger charge is 2.22. The van der Waals surface area contributed by atoms with Gasteiger partial charge >= 0.3 is 5.97 Å². The summed E-state index contributed by atoms with van der Waals surface area (Å²) in [6.45, 7) is 1.68. The number of halogens is 1. The molecule has 0 aliphatic carbocycles. The maximum absolute atomic E-state index is 13.4. The molecule has 0 aromatic heterocycles. The minimum absolute atomic E-state index is 0.0977. The zero-order valence-corrected chi connectivity index (χ0v) is 9.44. The van der Waals surface area contributed by atoms with E-state index in [1.807, 2.05) is 0 Å². The number of carbonyl (C=O) groups excluding carboxylic acids is 1. The summed E-state index contributed by atoms with van der Waals surface area (Å²) in [5.74, 6) is -2.61. The molecule has 0 bridgehead atoms. The standard InChI is InChI=1S/C11H13FO5/c1-3-17-11(15)9(14)6-4-7(12)10(16-2)8(13)5-6/h4-5,9,13-14H,3H2,1-2H3. The van der Waals surface area contributed by atoms with Crippen LogP contribution in [-0.4, -0.2) is 29.9 Å². The van der Waals surface area contributed by atoms with E-state index in [1.165, 1.54) is 7.11 Å². The molecule has 0 aliphatic heterocycles. The van der Waals surface area contributed by atoms with Gasteiger partial charge in [-0.05, 0) is 24.6 Å². The molecule has 6 heteroatoms. The Morgan fingerprint density at radius 2 is 2.18 bits per heavy atom. The molecule has 0 fully saturated rings. The zero-order chi connectivity index (χ0) is 13.0. The molecule has 0 amide bonds. The molecule has 0 spiro atoms. The van der Waals surface area contributed by atoms with Gasteiger partial charge in [-0.3, -0.25) is 0 Å². The Morgan fingerprint density at radius 3 is 2.65 bits per heavy atom. The third-order valence-corrected chi connectivity index (χ3v) is 2.08. The van der Waals surface area contributed by atoms with Gasteiger partial charge in [0.25, 0.3) is 0 Å². The molecule has 1 rings (SSSR count). The first-order valence-electron chi connectivity index (χ1n) is 4.92. The fraction of sp³-hybridized carbons (Fsp3) is 0.364. The molecule has 94 valence electrons. The van der Waals surface area contributed by atoms with Crippen molar-refractivity contribution in [2.75, 3.05) is 13.7 Å². The Morgan fingerprint density at radius 1 is 1.53 bits per heavy atom. The van der Waals surface area contributed by atoms with Crippen LogP contribution in [0.2, 0.25) is 0 Å². The van der Waals surface area contributed by atoms with Gasteiger partial charge in [-0.2, -0.15) is 0 Å². The lowest BCUT2D eigenvalue weighted by atomic mass is 10.1. The van der Waals surface area contributed by atoms with Crippen LogP contribution in [0.25, 0.3) is 0 Å². The zero-order valence-electron chi connectivity index (χ0n) is 9.44. The van der Waals surface area contributed by atoms with Crippen molar-refractivity contribution in [1.29, 1.82) is 0 Å². The number of methoxy groups -OCH3 is 1. The fourth-order valence-electron chi connectivity index (χ4n) is 1.32. The van der Waals surface area contributed by atoms with Crippen molar-refractivity contribution < 1.29 is 28.9 Å². The first-order chi connectivity index (χ1) is 8.01. The van der Waals surface area contributed by atoms with Crippen LogP contribution in [0.1, 0.15) is 18.6 Å². The van der Waals surface area contributed by atoms with E-state index in [2.05, 4.69) is 9.47 Å². The van der Waals surface area contributed by atoms with Crippen molar-refractivity contribution in [3.05, 3.63) is 23.5 Å². The number of aromatic hydroxyl groups is 1. The third kappa shape index (κ3) is 2.85. The highest BCUT2D eigenvalue weighted by Crippen LogP contribution is 2.32. The van der Waals surface area contributed by atoms with Crippen LogP contribution >= 0.6 is 0 Å². The summed E-state index contributed by atoms with van der Waals surface area (Å²) < 4.78 is 22.5. The quantitative estimate of drug-likeness (QED) is 0.777. The summed E-state index contributed by atoms with van der Waals surface area (Å²) in [6, 6.07) is 1.95. The van der Waals surface area contributed by atoms with Gasteiger partial charge in [0.05, 0.1) is 13.7 Å². The normalized spacial score (nSPS) is 12.0. The second-order valence-corrected chi connectivity index (χ2v) is 3.21. The van der Waals surface area contributed by atoms with Crippen LogP contribution in [-0.2, 0) is 9.53 Å². The van der Waals surface area contributed by atoms with Crippen LogP contribution in [0.3, 0.4) is 0 Å². The second-order valence-electron chi connectivity index (χ2n) is 3.21. The average molecular weight is 244 g/mol. The Hall–Kier alpha value is -1.82. The predicted octanol–water partition coefficient (Wildman–Crippen LogP) is 1.14. The monoisotopic (exact) mass is 244 g/mol. The SMILES string of the molecule is CCOC(=O)C(O)c1cc(O)c(OC)c(F)c1. The Labute approximate surface area is 97.4 Å². The number of hydrogen-bond acceptors (Lipinski definition) is 5. The highest BCUT2D eigenvalue weighted by atomic mass is 19.1. The first kappa shape index (κ1) is 13.2. The molecule has 0 saturated carbocycles. The summed E-state index contributed by atoms with van der Waals surface area (Å²) in [4.78, 5) is 11.2. The second kappa shape index (κ2) is 5.49. The van der Waals surface area contributed by atoms with Gasteiger partial charge in [0, 0.05) is 0 Å². The van der Waals surface area contributed by atoms with Crippen LogP contribution in [0, 0.1) is 5.82 Å². The average Bonchev–Trinajstić information content (AvgIpc) is 2.27. The van der Waals surface area contributed by atoms with Gasteiger partial charge in [-0.15, -0.1) is 0 Å². The van der Waals surface area contributed by atoms with Crippen LogP contribution < -0.4 is 4.74 Å². The number of ether oxygens (including phenoxy) is 2. The maximum Gasteiger partial charge on any atom is 0.339 e. The molecule has 0 radical (unpaired) electrons. The lowest BCUT2D eigenvalue weighted by Crippen LogP contribution is -2.15. The van der Waals surface area contributed by atoms with Gasteiger partial charge in [0.1, 0.15) is 0 Å². The number of rotatable bonds is 4. The van der Waals surface area contributed by atoms with Crippen molar-refractivity contribution in [2.45, 2.75) is 13.0 Å². The van der Waals surface area contributed by atoms with E-state index in [-0.39, 0.29) is 17.9 Å². The molecule has 1 aromatic carbocycles. The molecule has 0 aliphatic rings. The van der Waals surface area contributed by atoms with Crippen molar-refractivity contribution in [3.8, 4) is 11.5 Å². The van der Waals surface area contributed by atoms with Crippen molar-refractivity contribution in [1.82, 2.24) is 0 Å². The van der Waals surface area contributed by atoms with E-state index in [4.69, 9.17) is 0 Å². The summed E-state index contributed by atoms with van der Waals surface area (Å²) >= 11 is 0. The molecule has 5 nitrogen and oxygen atoms in total. The largest absolute Gasteiger partial charge is 0.504 e. The Bertz CT molecular complexity index is 395. The van der Waals surface area contributed by atoms with Crippen LogP contribution in [0.5, 0.6) is 11.5 Å².